The van der Waals surface area contributed by atoms with Gasteiger partial charge in [0.15, 0.2) is 11.6 Å². The second-order valence-electron chi connectivity index (χ2n) is 5.88. The van der Waals surface area contributed by atoms with Gasteiger partial charge in [0, 0.05) is 30.4 Å². The third-order valence-electron chi connectivity index (χ3n) is 3.76. The zero-order chi connectivity index (χ0) is 17.1. The van der Waals surface area contributed by atoms with Crippen LogP contribution < -0.4 is 5.32 Å². The Bertz CT molecular complexity index is 443. The van der Waals surface area contributed by atoms with E-state index in [2.05, 4.69) is 5.32 Å². The van der Waals surface area contributed by atoms with Gasteiger partial charge in [-0.05, 0) is 51.2 Å². The largest absolute Gasteiger partial charge is 0.356 e. The molecule has 0 spiro atoms. The number of amides is 1. The summed E-state index contributed by atoms with van der Waals surface area (Å²) in [5.41, 5.74) is 0.484. The van der Waals surface area contributed by atoms with Gasteiger partial charge in [-0.15, -0.1) is 0 Å². The number of carbonyl (C=O) groups excluding carboxylic acids is 3. The van der Waals surface area contributed by atoms with Crippen LogP contribution in [-0.2, 0) is 14.4 Å². The van der Waals surface area contributed by atoms with Gasteiger partial charge in [-0.3, -0.25) is 14.4 Å². The fraction of sp³-hybridized carbons (Fsp3) is 0.706. The molecule has 0 saturated carbocycles. The van der Waals surface area contributed by atoms with Crippen LogP contribution in [0.25, 0.3) is 0 Å². The summed E-state index contributed by atoms with van der Waals surface area (Å²) in [6, 6.07) is 0. The quantitative estimate of drug-likeness (QED) is 0.347. The van der Waals surface area contributed by atoms with E-state index in [9.17, 15) is 14.4 Å². The molecule has 1 aliphatic rings. The molecule has 1 amide bonds. The summed E-state index contributed by atoms with van der Waals surface area (Å²) < 4.78 is 0. The molecule has 0 aromatic heterocycles. The van der Waals surface area contributed by atoms with E-state index in [0.29, 0.717) is 31.4 Å². The number of ketones is 2. The number of rotatable bonds is 11. The molecule has 0 radical (unpaired) electrons. The SMILES string of the molecule is CC(=O)/C(C)=C/C(=O)CCCNC(=O)CCCCC1CCSS1. The molecule has 1 atom stereocenters. The second-order valence-corrected chi connectivity index (χ2v) is 8.67. The van der Waals surface area contributed by atoms with Gasteiger partial charge < -0.3 is 5.32 Å². The number of Topliss-reactive ketones (excluding diaryl/α,β-unsaturated/α-hetero) is 1. The van der Waals surface area contributed by atoms with Crippen molar-refractivity contribution in [3.05, 3.63) is 11.6 Å². The summed E-state index contributed by atoms with van der Waals surface area (Å²) in [7, 11) is 3.94. The monoisotopic (exact) mass is 357 g/mol. The molecular formula is C17H27NO3S2. The third-order valence-corrected chi connectivity index (χ3v) is 6.77. The standard InChI is InChI=1S/C17H27NO3S2/c1-13(14(2)19)12-15(20)6-5-10-18-17(21)8-4-3-7-16-9-11-22-23-16/h12,16H,3-11H2,1-2H3,(H,18,21)/b13-12+. The summed E-state index contributed by atoms with van der Waals surface area (Å²) >= 11 is 0. The number of carbonyl (C=O) groups is 3. The maximum absolute atomic E-state index is 11.7. The lowest BCUT2D eigenvalue weighted by Gasteiger charge is -2.07. The molecule has 1 heterocycles. The zero-order valence-corrected chi connectivity index (χ0v) is 15.7. The van der Waals surface area contributed by atoms with E-state index in [-0.39, 0.29) is 17.5 Å². The van der Waals surface area contributed by atoms with E-state index in [4.69, 9.17) is 0 Å². The van der Waals surface area contributed by atoms with Crippen molar-refractivity contribution in [1.82, 2.24) is 5.32 Å². The van der Waals surface area contributed by atoms with Crippen molar-refractivity contribution < 1.29 is 14.4 Å². The van der Waals surface area contributed by atoms with Crippen molar-refractivity contribution in [2.24, 2.45) is 0 Å². The van der Waals surface area contributed by atoms with Gasteiger partial charge in [-0.1, -0.05) is 28.0 Å². The van der Waals surface area contributed by atoms with Crippen molar-refractivity contribution >= 4 is 39.1 Å². The number of unbranched alkanes of at least 4 members (excludes halogenated alkanes) is 1. The predicted molar refractivity (Wildman–Crippen MR) is 98.6 cm³/mol. The Balaban J connectivity index is 2.00. The fourth-order valence-corrected chi connectivity index (χ4v) is 5.24. The lowest BCUT2D eigenvalue weighted by Crippen LogP contribution is -2.24. The first-order valence-electron chi connectivity index (χ1n) is 8.26. The zero-order valence-electron chi connectivity index (χ0n) is 14.1. The number of hydrogen-bond donors (Lipinski definition) is 1. The van der Waals surface area contributed by atoms with Crippen LogP contribution >= 0.6 is 21.6 Å². The summed E-state index contributed by atoms with van der Waals surface area (Å²) in [4.78, 5) is 34.3. The topological polar surface area (TPSA) is 63.2 Å². The Hall–Kier alpha value is -0.750. The van der Waals surface area contributed by atoms with E-state index in [0.717, 1.165) is 18.1 Å². The van der Waals surface area contributed by atoms with Crippen molar-refractivity contribution in [2.75, 3.05) is 12.3 Å². The van der Waals surface area contributed by atoms with Crippen molar-refractivity contribution in [3.8, 4) is 0 Å². The summed E-state index contributed by atoms with van der Waals surface area (Å²) in [5.74, 6) is 1.19. The van der Waals surface area contributed by atoms with Crippen LogP contribution in [0.4, 0.5) is 0 Å². The molecule has 0 aromatic carbocycles. The lowest BCUT2D eigenvalue weighted by atomic mass is 10.1. The lowest BCUT2D eigenvalue weighted by molar-refractivity contribution is -0.121. The Kier molecular flexibility index (Phi) is 10.4. The fourth-order valence-electron chi connectivity index (χ4n) is 2.22. The predicted octanol–water partition coefficient (Wildman–Crippen LogP) is 3.70. The smallest absolute Gasteiger partial charge is 0.219 e. The maximum atomic E-state index is 11.7. The van der Waals surface area contributed by atoms with Gasteiger partial charge in [0.05, 0.1) is 0 Å². The molecule has 1 N–H and O–H groups in total. The van der Waals surface area contributed by atoms with Crippen LogP contribution in [0.3, 0.4) is 0 Å². The van der Waals surface area contributed by atoms with E-state index in [1.54, 1.807) is 6.92 Å². The molecule has 0 bridgehead atoms. The molecular weight excluding hydrogens is 330 g/mol. The first-order chi connectivity index (χ1) is 11.0. The average Bonchev–Trinajstić information content (AvgIpc) is 3.01. The van der Waals surface area contributed by atoms with Crippen LogP contribution in [0, 0.1) is 0 Å². The normalized spacial score (nSPS) is 18.0. The highest BCUT2D eigenvalue weighted by Gasteiger charge is 2.15. The minimum Gasteiger partial charge on any atom is -0.356 e. The molecule has 4 nitrogen and oxygen atoms in total. The first kappa shape index (κ1) is 20.3. The molecule has 1 saturated heterocycles. The minimum atomic E-state index is -0.0822. The van der Waals surface area contributed by atoms with Crippen LogP contribution in [-0.4, -0.2) is 35.0 Å². The molecule has 1 rings (SSSR count). The van der Waals surface area contributed by atoms with Gasteiger partial charge in [0.2, 0.25) is 5.91 Å². The Morgan fingerprint density at radius 1 is 1.13 bits per heavy atom. The molecule has 1 aliphatic heterocycles. The minimum absolute atomic E-state index is 0.0566. The molecule has 1 unspecified atom stereocenters. The highest BCUT2D eigenvalue weighted by atomic mass is 33.1. The van der Waals surface area contributed by atoms with E-state index < -0.39 is 0 Å². The Morgan fingerprint density at radius 2 is 1.91 bits per heavy atom. The molecule has 0 aromatic rings. The van der Waals surface area contributed by atoms with E-state index in [1.807, 2.05) is 21.6 Å². The third kappa shape index (κ3) is 9.87. The average molecular weight is 358 g/mol. The maximum Gasteiger partial charge on any atom is 0.219 e. The van der Waals surface area contributed by atoms with Crippen molar-refractivity contribution in [2.45, 2.75) is 64.0 Å². The van der Waals surface area contributed by atoms with Crippen molar-refractivity contribution in [1.29, 1.82) is 0 Å². The summed E-state index contributed by atoms with van der Waals surface area (Å²) in [6.07, 6.45) is 7.50. The molecule has 23 heavy (non-hydrogen) atoms. The van der Waals surface area contributed by atoms with Gasteiger partial charge in [-0.2, -0.15) is 0 Å². The summed E-state index contributed by atoms with van der Waals surface area (Å²) in [6.45, 7) is 3.61. The van der Waals surface area contributed by atoms with Gasteiger partial charge >= 0.3 is 0 Å². The van der Waals surface area contributed by atoms with Crippen LogP contribution in [0.1, 0.15) is 58.8 Å². The number of nitrogens with one attached hydrogen (secondary N) is 1. The van der Waals surface area contributed by atoms with Crippen LogP contribution in [0.2, 0.25) is 0 Å². The van der Waals surface area contributed by atoms with Gasteiger partial charge in [-0.25, -0.2) is 0 Å². The van der Waals surface area contributed by atoms with Crippen molar-refractivity contribution in [3.63, 3.8) is 0 Å². The van der Waals surface area contributed by atoms with E-state index >= 15 is 0 Å². The van der Waals surface area contributed by atoms with Gasteiger partial charge in [0.1, 0.15) is 0 Å². The molecule has 1 fully saturated rings. The highest BCUT2D eigenvalue weighted by Crippen LogP contribution is 2.39. The number of allylic oxidation sites excluding steroid dienone is 2. The highest BCUT2D eigenvalue weighted by molar-refractivity contribution is 8.77. The Labute approximate surface area is 147 Å². The molecule has 130 valence electrons. The van der Waals surface area contributed by atoms with Crippen LogP contribution in [0.15, 0.2) is 11.6 Å². The number of hydrogen-bond acceptors (Lipinski definition) is 5. The second kappa shape index (κ2) is 11.7. The first-order valence-corrected chi connectivity index (χ1v) is 10.6. The van der Waals surface area contributed by atoms with E-state index in [1.165, 1.54) is 31.6 Å². The molecule has 0 aliphatic carbocycles. The Morgan fingerprint density at radius 3 is 2.57 bits per heavy atom. The summed E-state index contributed by atoms with van der Waals surface area (Å²) in [5, 5.41) is 3.63. The van der Waals surface area contributed by atoms with Gasteiger partial charge in [0.25, 0.3) is 0 Å². The molecule has 6 heteroatoms. The van der Waals surface area contributed by atoms with Crippen LogP contribution in [0.5, 0.6) is 0 Å².